The molecule has 2 rings (SSSR count). The molecule has 1 atom stereocenters. The fourth-order valence-electron chi connectivity index (χ4n) is 1.83. The minimum absolute atomic E-state index is 0.304. The molecule has 0 aliphatic rings. The Morgan fingerprint density at radius 1 is 1.21 bits per heavy atom. The molecule has 1 N–H and O–H groups in total. The second kappa shape index (κ2) is 7.65. The maximum absolute atomic E-state index is 9.97. The monoisotopic (exact) mass is 296 g/mol. The van der Waals surface area contributed by atoms with Gasteiger partial charge in [0.2, 0.25) is 0 Å². The number of alkyl halides is 1. The van der Waals surface area contributed by atoms with Crippen molar-refractivity contribution in [1.82, 2.24) is 0 Å². The Balaban J connectivity index is 1.91. The number of halogens is 1. The van der Waals surface area contributed by atoms with Crippen molar-refractivity contribution >= 4 is 22.9 Å². The van der Waals surface area contributed by atoms with Crippen LogP contribution in [0.5, 0.6) is 0 Å². The van der Waals surface area contributed by atoms with Crippen LogP contribution in [0.25, 0.3) is 0 Å². The van der Waals surface area contributed by atoms with Crippen LogP contribution in [0, 0.1) is 0 Å². The number of ether oxygens (including phenoxy) is 1. The molecule has 1 aromatic heterocycles. The van der Waals surface area contributed by atoms with Crippen molar-refractivity contribution in [1.29, 1.82) is 0 Å². The normalized spacial score (nSPS) is 12.5. The summed E-state index contributed by atoms with van der Waals surface area (Å²) in [4.78, 5) is 0.945. The molecule has 4 heteroatoms. The Bertz CT molecular complexity index is 484. The Labute approximate surface area is 122 Å². The minimum atomic E-state index is -0.558. The standard InChI is InChI=1S/C15H17ClO2S/c16-6-7-18-10-14(17)15-9-13(11-19-15)8-12-4-2-1-3-5-12/h1-5,9,11,14,17H,6-8,10H2. The van der Waals surface area contributed by atoms with Crippen molar-refractivity contribution in [3.8, 4) is 0 Å². The lowest BCUT2D eigenvalue weighted by Gasteiger charge is -2.08. The Kier molecular flexibility index (Phi) is 5.86. The fourth-order valence-corrected chi connectivity index (χ4v) is 2.82. The molecule has 1 heterocycles. The maximum atomic E-state index is 9.97. The molecule has 0 bridgehead atoms. The van der Waals surface area contributed by atoms with Gasteiger partial charge < -0.3 is 9.84 Å². The smallest absolute Gasteiger partial charge is 0.111 e. The Morgan fingerprint density at radius 2 is 2.00 bits per heavy atom. The number of hydrogen-bond acceptors (Lipinski definition) is 3. The quantitative estimate of drug-likeness (QED) is 0.624. The third kappa shape index (κ3) is 4.62. The first-order valence-corrected chi connectivity index (χ1v) is 7.64. The van der Waals surface area contributed by atoms with Gasteiger partial charge in [0.25, 0.3) is 0 Å². The number of benzene rings is 1. The van der Waals surface area contributed by atoms with E-state index in [4.69, 9.17) is 16.3 Å². The van der Waals surface area contributed by atoms with Crippen LogP contribution in [0.15, 0.2) is 41.8 Å². The highest BCUT2D eigenvalue weighted by molar-refractivity contribution is 7.10. The van der Waals surface area contributed by atoms with Gasteiger partial charge in [-0.05, 0) is 29.0 Å². The van der Waals surface area contributed by atoms with Crippen LogP contribution >= 0.6 is 22.9 Å². The average Bonchev–Trinajstić information content (AvgIpc) is 2.89. The van der Waals surface area contributed by atoms with E-state index in [1.54, 1.807) is 11.3 Å². The van der Waals surface area contributed by atoms with E-state index in [-0.39, 0.29) is 0 Å². The predicted octanol–water partition coefficient (Wildman–Crippen LogP) is 3.63. The van der Waals surface area contributed by atoms with Gasteiger partial charge >= 0.3 is 0 Å². The van der Waals surface area contributed by atoms with Gasteiger partial charge in [0.1, 0.15) is 6.10 Å². The zero-order valence-corrected chi connectivity index (χ0v) is 12.2. The molecule has 0 amide bonds. The second-order valence-corrected chi connectivity index (χ2v) is 5.62. The van der Waals surface area contributed by atoms with Gasteiger partial charge in [0.05, 0.1) is 13.2 Å². The molecule has 0 radical (unpaired) electrons. The first-order valence-electron chi connectivity index (χ1n) is 6.22. The van der Waals surface area contributed by atoms with Gasteiger partial charge in [-0.2, -0.15) is 0 Å². The SMILES string of the molecule is OC(COCCCl)c1cc(Cc2ccccc2)cs1. The van der Waals surface area contributed by atoms with Crippen molar-refractivity contribution in [3.05, 3.63) is 57.8 Å². The fraction of sp³-hybridized carbons (Fsp3) is 0.333. The van der Waals surface area contributed by atoms with E-state index in [1.807, 2.05) is 24.3 Å². The molecule has 102 valence electrons. The molecule has 2 aromatic rings. The summed E-state index contributed by atoms with van der Waals surface area (Å²) in [5, 5.41) is 12.1. The highest BCUT2D eigenvalue weighted by Crippen LogP contribution is 2.24. The topological polar surface area (TPSA) is 29.5 Å². The van der Waals surface area contributed by atoms with Crippen LogP contribution in [-0.2, 0) is 11.2 Å². The molecule has 2 nitrogen and oxygen atoms in total. The first kappa shape index (κ1) is 14.5. The minimum Gasteiger partial charge on any atom is -0.385 e. The van der Waals surface area contributed by atoms with Crippen LogP contribution < -0.4 is 0 Å². The molecule has 0 fully saturated rings. The zero-order valence-electron chi connectivity index (χ0n) is 10.6. The van der Waals surface area contributed by atoms with E-state index in [9.17, 15) is 5.11 Å². The van der Waals surface area contributed by atoms with E-state index in [2.05, 4.69) is 17.5 Å². The molecule has 0 aliphatic carbocycles. The van der Waals surface area contributed by atoms with E-state index in [1.165, 1.54) is 11.1 Å². The van der Waals surface area contributed by atoms with Gasteiger partial charge in [0.15, 0.2) is 0 Å². The molecule has 1 unspecified atom stereocenters. The number of hydrogen-bond donors (Lipinski definition) is 1. The number of aliphatic hydroxyl groups excluding tert-OH is 1. The lowest BCUT2D eigenvalue weighted by molar-refractivity contribution is 0.0447. The van der Waals surface area contributed by atoms with E-state index in [0.717, 1.165) is 11.3 Å². The van der Waals surface area contributed by atoms with Crippen LogP contribution in [0.4, 0.5) is 0 Å². The molecular weight excluding hydrogens is 280 g/mol. The van der Waals surface area contributed by atoms with Crippen LogP contribution in [-0.4, -0.2) is 24.2 Å². The van der Waals surface area contributed by atoms with Crippen LogP contribution in [0.3, 0.4) is 0 Å². The first-order chi connectivity index (χ1) is 9.29. The third-order valence-electron chi connectivity index (χ3n) is 2.75. The predicted molar refractivity (Wildman–Crippen MR) is 80.1 cm³/mol. The summed E-state index contributed by atoms with van der Waals surface area (Å²) in [5.41, 5.74) is 2.50. The lowest BCUT2D eigenvalue weighted by atomic mass is 10.1. The largest absolute Gasteiger partial charge is 0.385 e. The van der Waals surface area contributed by atoms with Gasteiger partial charge in [-0.15, -0.1) is 22.9 Å². The summed E-state index contributed by atoms with van der Waals surface area (Å²) < 4.78 is 5.25. The van der Waals surface area contributed by atoms with E-state index >= 15 is 0 Å². The maximum Gasteiger partial charge on any atom is 0.111 e. The molecule has 0 saturated heterocycles. The summed E-state index contributed by atoms with van der Waals surface area (Å²) in [5.74, 6) is 0.455. The van der Waals surface area contributed by atoms with Crippen molar-refractivity contribution < 1.29 is 9.84 Å². The molecule has 0 aliphatic heterocycles. The molecule has 0 saturated carbocycles. The highest BCUT2D eigenvalue weighted by atomic mass is 35.5. The average molecular weight is 297 g/mol. The van der Waals surface area contributed by atoms with Gasteiger partial charge in [-0.3, -0.25) is 0 Å². The zero-order chi connectivity index (χ0) is 13.5. The van der Waals surface area contributed by atoms with Crippen LogP contribution in [0.2, 0.25) is 0 Å². The Hall–Kier alpha value is -0.870. The molecule has 0 spiro atoms. The lowest BCUT2D eigenvalue weighted by Crippen LogP contribution is -2.07. The van der Waals surface area contributed by atoms with Crippen molar-refractivity contribution in [3.63, 3.8) is 0 Å². The van der Waals surface area contributed by atoms with Crippen molar-refractivity contribution in [2.75, 3.05) is 19.1 Å². The number of rotatable bonds is 7. The molecular formula is C15H17ClO2S. The van der Waals surface area contributed by atoms with Gasteiger partial charge in [0, 0.05) is 10.8 Å². The van der Waals surface area contributed by atoms with E-state index < -0.39 is 6.10 Å². The summed E-state index contributed by atoms with van der Waals surface area (Å²) in [6.07, 6.45) is 0.338. The van der Waals surface area contributed by atoms with Crippen LogP contribution in [0.1, 0.15) is 22.1 Å². The summed E-state index contributed by atoms with van der Waals surface area (Å²) in [7, 11) is 0. The second-order valence-electron chi connectivity index (χ2n) is 4.30. The summed E-state index contributed by atoms with van der Waals surface area (Å²) in [6, 6.07) is 12.4. The van der Waals surface area contributed by atoms with Crippen molar-refractivity contribution in [2.45, 2.75) is 12.5 Å². The third-order valence-corrected chi connectivity index (χ3v) is 3.99. The number of aliphatic hydroxyl groups is 1. The van der Waals surface area contributed by atoms with Crippen molar-refractivity contribution in [2.24, 2.45) is 0 Å². The summed E-state index contributed by atoms with van der Waals surface area (Å²) in [6.45, 7) is 0.777. The molecule has 1 aromatic carbocycles. The summed E-state index contributed by atoms with van der Waals surface area (Å²) >= 11 is 7.09. The highest BCUT2D eigenvalue weighted by Gasteiger charge is 2.10. The van der Waals surface area contributed by atoms with Gasteiger partial charge in [-0.25, -0.2) is 0 Å². The molecule has 19 heavy (non-hydrogen) atoms. The Morgan fingerprint density at radius 3 is 2.74 bits per heavy atom. The van der Waals surface area contributed by atoms with E-state index in [0.29, 0.717) is 19.1 Å². The van der Waals surface area contributed by atoms with Gasteiger partial charge in [-0.1, -0.05) is 30.3 Å². The number of thiophene rings is 1.